The molecular weight excluding hydrogens is 364 g/mol. The number of benzene rings is 2. The van der Waals surface area contributed by atoms with E-state index in [-0.39, 0.29) is 23.4 Å². The monoisotopic (exact) mass is 388 g/mol. The summed E-state index contributed by atoms with van der Waals surface area (Å²) in [6.07, 6.45) is 2.69. The number of hydrogen-bond acceptors (Lipinski definition) is 4. The summed E-state index contributed by atoms with van der Waals surface area (Å²) in [5, 5.41) is 7.90. The van der Waals surface area contributed by atoms with Gasteiger partial charge in [0.2, 0.25) is 0 Å². The summed E-state index contributed by atoms with van der Waals surface area (Å²) < 4.78 is 0. The molecule has 29 heavy (non-hydrogen) atoms. The molecule has 4 rings (SSSR count). The van der Waals surface area contributed by atoms with Crippen LogP contribution in [0.5, 0.6) is 0 Å². The fourth-order valence-corrected chi connectivity index (χ4v) is 3.51. The molecule has 0 fully saturated rings. The minimum atomic E-state index is -0.159. The summed E-state index contributed by atoms with van der Waals surface area (Å²) in [5.74, 6) is 0.790. The number of fused-ring (bicyclic) bond motifs is 2. The molecule has 0 bridgehead atoms. The van der Waals surface area contributed by atoms with E-state index in [1.807, 2.05) is 57.2 Å². The molecule has 2 aromatic carbocycles. The van der Waals surface area contributed by atoms with Gasteiger partial charge in [0.05, 0.1) is 29.2 Å². The number of rotatable bonds is 7. The zero-order valence-corrected chi connectivity index (χ0v) is 16.8. The number of ketones is 2. The van der Waals surface area contributed by atoms with Gasteiger partial charge >= 0.3 is 0 Å². The smallest absolute Gasteiger partial charge is 0.166 e. The van der Waals surface area contributed by atoms with E-state index >= 15 is 0 Å². The predicted octanol–water partition coefficient (Wildman–Crippen LogP) is 4.27. The van der Waals surface area contributed by atoms with E-state index in [1.54, 1.807) is 6.20 Å². The van der Waals surface area contributed by atoms with Crippen LogP contribution in [0.1, 0.15) is 42.5 Å². The third-order valence-electron chi connectivity index (χ3n) is 5.30. The van der Waals surface area contributed by atoms with Crippen molar-refractivity contribution >= 4 is 33.5 Å². The minimum absolute atomic E-state index is 0.00776. The summed E-state index contributed by atoms with van der Waals surface area (Å²) >= 11 is 0. The zero-order chi connectivity index (χ0) is 20.5. The number of aromatic nitrogens is 4. The van der Waals surface area contributed by atoms with Gasteiger partial charge in [0, 0.05) is 22.8 Å². The van der Waals surface area contributed by atoms with E-state index in [2.05, 4.69) is 20.2 Å². The average molecular weight is 388 g/mol. The molecule has 148 valence electrons. The first-order valence-electron chi connectivity index (χ1n) is 9.88. The van der Waals surface area contributed by atoms with Crippen LogP contribution in [0.15, 0.2) is 42.6 Å². The molecule has 2 N–H and O–H groups in total. The molecule has 1 unspecified atom stereocenters. The van der Waals surface area contributed by atoms with Gasteiger partial charge in [-0.1, -0.05) is 39.0 Å². The van der Waals surface area contributed by atoms with Crippen molar-refractivity contribution in [2.45, 2.75) is 33.6 Å². The summed E-state index contributed by atoms with van der Waals surface area (Å²) in [6.45, 7) is 5.73. The maximum atomic E-state index is 12.9. The highest BCUT2D eigenvalue weighted by molar-refractivity contribution is 6.00. The molecule has 2 aromatic heterocycles. The van der Waals surface area contributed by atoms with Gasteiger partial charge in [0.15, 0.2) is 5.78 Å². The molecule has 0 spiro atoms. The second-order valence-corrected chi connectivity index (χ2v) is 7.97. The van der Waals surface area contributed by atoms with Gasteiger partial charge in [0.1, 0.15) is 11.6 Å². The number of hydrogen-bond donors (Lipinski definition) is 2. The largest absolute Gasteiger partial charge is 0.342 e. The van der Waals surface area contributed by atoms with E-state index in [4.69, 9.17) is 0 Å². The Morgan fingerprint density at radius 2 is 1.86 bits per heavy atom. The van der Waals surface area contributed by atoms with Crippen LogP contribution in [0.25, 0.3) is 21.9 Å². The fraction of sp³-hybridized carbons (Fsp3) is 0.304. The second kappa shape index (κ2) is 7.62. The lowest BCUT2D eigenvalue weighted by Crippen LogP contribution is -2.14. The summed E-state index contributed by atoms with van der Waals surface area (Å²) in [5.41, 5.74) is 4.33. The fourth-order valence-electron chi connectivity index (χ4n) is 3.51. The maximum Gasteiger partial charge on any atom is 0.166 e. The van der Waals surface area contributed by atoms with Crippen molar-refractivity contribution in [3.63, 3.8) is 0 Å². The number of aromatic amines is 2. The SMILES string of the molecule is CC(C)C(=O)Cc1nc2cc(CC(C)C(=O)c3ccc4cn[nH]c4c3)ccc2[nH]1. The first-order valence-corrected chi connectivity index (χ1v) is 9.88. The lowest BCUT2D eigenvalue weighted by molar-refractivity contribution is -0.121. The first kappa shape index (κ1) is 19.1. The lowest BCUT2D eigenvalue weighted by atomic mass is 9.92. The van der Waals surface area contributed by atoms with Crippen LogP contribution in [0.2, 0.25) is 0 Å². The molecule has 0 saturated carbocycles. The number of carbonyl (C=O) groups excluding carboxylic acids is 2. The molecule has 6 nitrogen and oxygen atoms in total. The number of carbonyl (C=O) groups is 2. The third-order valence-corrected chi connectivity index (χ3v) is 5.30. The number of Topliss-reactive ketones (excluding diaryl/α,β-unsaturated/α-hetero) is 2. The van der Waals surface area contributed by atoms with Crippen molar-refractivity contribution in [1.82, 2.24) is 20.2 Å². The van der Waals surface area contributed by atoms with Crippen LogP contribution in [0.4, 0.5) is 0 Å². The molecule has 1 atom stereocenters. The molecule has 2 heterocycles. The molecule has 0 aliphatic carbocycles. The Morgan fingerprint density at radius 1 is 1.03 bits per heavy atom. The van der Waals surface area contributed by atoms with Gasteiger partial charge in [0.25, 0.3) is 0 Å². The van der Waals surface area contributed by atoms with Crippen molar-refractivity contribution < 1.29 is 9.59 Å². The van der Waals surface area contributed by atoms with Crippen LogP contribution in [-0.4, -0.2) is 31.7 Å². The van der Waals surface area contributed by atoms with E-state index in [9.17, 15) is 9.59 Å². The van der Waals surface area contributed by atoms with Gasteiger partial charge in [-0.15, -0.1) is 0 Å². The quantitative estimate of drug-likeness (QED) is 0.463. The molecule has 0 amide bonds. The van der Waals surface area contributed by atoms with Gasteiger partial charge in [-0.3, -0.25) is 14.7 Å². The Bertz CT molecular complexity index is 1200. The van der Waals surface area contributed by atoms with Crippen molar-refractivity contribution in [2.24, 2.45) is 11.8 Å². The predicted molar refractivity (Wildman–Crippen MR) is 113 cm³/mol. The van der Waals surface area contributed by atoms with Crippen LogP contribution >= 0.6 is 0 Å². The van der Waals surface area contributed by atoms with Gasteiger partial charge in [-0.2, -0.15) is 5.10 Å². The van der Waals surface area contributed by atoms with Crippen molar-refractivity contribution in [3.8, 4) is 0 Å². The first-order chi connectivity index (χ1) is 13.9. The second-order valence-electron chi connectivity index (χ2n) is 7.97. The summed E-state index contributed by atoms with van der Waals surface area (Å²) in [6, 6.07) is 11.6. The van der Waals surface area contributed by atoms with Crippen molar-refractivity contribution in [1.29, 1.82) is 0 Å². The highest BCUT2D eigenvalue weighted by Gasteiger charge is 2.17. The molecular formula is C23H24N4O2. The van der Waals surface area contributed by atoms with E-state index in [0.29, 0.717) is 24.2 Å². The number of nitrogens with one attached hydrogen (secondary N) is 2. The van der Waals surface area contributed by atoms with Crippen LogP contribution in [0, 0.1) is 11.8 Å². The Hall–Kier alpha value is -3.28. The average Bonchev–Trinajstić information content (AvgIpc) is 3.32. The van der Waals surface area contributed by atoms with Crippen LogP contribution in [0.3, 0.4) is 0 Å². The van der Waals surface area contributed by atoms with Crippen molar-refractivity contribution in [3.05, 3.63) is 59.5 Å². The van der Waals surface area contributed by atoms with Crippen molar-refractivity contribution in [2.75, 3.05) is 0 Å². The van der Waals surface area contributed by atoms with Gasteiger partial charge < -0.3 is 4.98 Å². The van der Waals surface area contributed by atoms with E-state index < -0.39 is 0 Å². The zero-order valence-electron chi connectivity index (χ0n) is 16.8. The van der Waals surface area contributed by atoms with Crippen LogP contribution < -0.4 is 0 Å². The molecule has 4 aromatic rings. The highest BCUT2D eigenvalue weighted by Crippen LogP contribution is 2.21. The lowest BCUT2D eigenvalue weighted by Gasteiger charge is -2.11. The highest BCUT2D eigenvalue weighted by atomic mass is 16.1. The van der Waals surface area contributed by atoms with E-state index in [0.717, 1.165) is 27.5 Å². The number of nitrogens with zero attached hydrogens (tertiary/aromatic N) is 2. The van der Waals surface area contributed by atoms with Gasteiger partial charge in [-0.25, -0.2) is 4.98 Å². The minimum Gasteiger partial charge on any atom is -0.342 e. The molecule has 6 heteroatoms. The molecule has 0 aliphatic heterocycles. The topological polar surface area (TPSA) is 91.5 Å². The molecule has 0 saturated heterocycles. The Kier molecular flexibility index (Phi) is 5.01. The maximum absolute atomic E-state index is 12.9. The standard InChI is InChI=1S/C23H24N4O2/c1-13(2)21(28)11-22-25-18-7-4-15(9-20(18)26-22)8-14(3)23(29)16-5-6-17-12-24-27-19(17)10-16/h4-7,9-10,12-14H,8,11H2,1-3H3,(H,24,27)(H,25,26). The summed E-state index contributed by atoms with van der Waals surface area (Å²) in [4.78, 5) is 32.6. The van der Waals surface area contributed by atoms with Gasteiger partial charge in [-0.05, 0) is 30.2 Å². The Labute approximate surface area is 168 Å². The number of imidazole rings is 1. The summed E-state index contributed by atoms with van der Waals surface area (Å²) in [7, 11) is 0. The number of H-pyrrole nitrogens is 2. The Morgan fingerprint density at radius 3 is 2.66 bits per heavy atom. The Balaban J connectivity index is 1.50. The molecule has 0 radical (unpaired) electrons. The third kappa shape index (κ3) is 3.97. The van der Waals surface area contributed by atoms with Crippen LogP contribution in [-0.2, 0) is 17.6 Å². The normalized spacial score (nSPS) is 12.7. The van der Waals surface area contributed by atoms with E-state index in [1.165, 1.54) is 0 Å². The molecule has 0 aliphatic rings.